The number of hydrogen-bond donors (Lipinski definition) is 0. The van der Waals surface area contributed by atoms with Crippen LogP contribution in [0.3, 0.4) is 0 Å². The molecule has 0 aromatic heterocycles. The first-order chi connectivity index (χ1) is 8.06. The van der Waals surface area contributed by atoms with Crippen molar-refractivity contribution in [3.05, 3.63) is 0 Å². The molecule has 0 heterocycles. The Balaban J connectivity index is 2.82. The van der Waals surface area contributed by atoms with Crippen LogP contribution >= 0.6 is 0 Å². The van der Waals surface area contributed by atoms with Crippen molar-refractivity contribution in [2.24, 2.45) is 0 Å². The van der Waals surface area contributed by atoms with Crippen molar-refractivity contribution in [2.45, 2.75) is 50.7 Å². The lowest BCUT2D eigenvalue weighted by Crippen LogP contribution is -2.57. The molecule has 4 heteroatoms. The zero-order chi connectivity index (χ0) is 12.9. The Morgan fingerprint density at radius 2 is 2.12 bits per heavy atom. The first-order valence-electron chi connectivity index (χ1n) is 6.42. The number of carbonyl (C=O) groups excluding carboxylic acids is 1. The van der Waals surface area contributed by atoms with Crippen LogP contribution in [0, 0.1) is 0 Å². The number of rotatable bonds is 5. The van der Waals surface area contributed by atoms with Gasteiger partial charge in [0.1, 0.15) is 0 Å². The molecule has 1 rings (SSSR count). The van der Waals surface area contributed by atoms with Crippen molar-refractivity contribution in [1.82, 2.24) is 4.90 Å². The molecule has 2 unspecified atom stereocenters. The van der Waals surface area contributed by atoms with E-state index < -0.39 is 0 Å². The van der Waals surface area contributed by atoms with Gasteiger partial charge in [-0.25, -0.2) is 0 Å². The fraction of sp³-hybridized carbons (Fsp3) is 0.923. The molecule has 1 fully saturated rings. The van der Waals surface area contributed by atoms with E-state index in [1.54, 1.807) is 7.11 Å². The average Bonchev–Trinajstić information content (AvgIpc) is 2.29. The second-order valence-corrected chi connectivity index (χ2v) is 4.95. The van der Waals surface area contributed by atoms with Crippen LogP contribution in [-0.2, 0) is 14.3 Å². The molecule has 17 heavy (non-hydrogen) atoms. The highest BCUT2D eigenvalue weighted by molar-refractivity contribution is 5.71. The van der Waals surface area contributed by atoms with Gasteiger partial charge in [0.25, 0.3) is 0 Å². The van der Waals surface area contributed by atoms with Crippen molar-refractivity contribution in [1.29, 1.82) is 0 Å². The number of hydrogen-bond acceptors (Lipinski definition) is 4. The molecule has 4 nitrogen and oxygen atoms in total. The highest BCUT2D eigenvalue weighted by Gasteiger charge is 2.44. The molecule has 0 aromatic carbocycles. The lowest BCUT2D eigenvalue weighted by atomic mass is 9.76. The highest BCUT2D eigenvalue weighted by atomic mass is 16.5. The van der Waals surface area contributed by atoms with Gasteiger partial charge in [-0.15, -0.1) is 0 Å². The maximum atomic E-state index is 11.8. The second kappa shape index (κ2) is 6.36. The first kappa shape index (κ1) is 14.5. The maximum absolute atomic E-state index is 11.8. The van der Waals surface area contributed by atoms with E-state index in [0.717, 1.165) is 19.3 Å². The predicted molar refractivity (Wildman–Crippen MR) is 66.9 cm³/mol. The quantitative estimate of drug-likeness (QED) is 0.691. The van der Waals surface area contributed by atoms with Crippen LogP contribution in [-0.4, -0.2) is 50.3 Å². The molecule has 1 aliphatic carbocycles. The zero-order valence-electron chi connectivity index (χ0n) is 11.5. The maximum Gasteiger partial charge on any atom is 0.307 e. The largest absolute Gasteiger partial charge is 0.466 e. The van der Waals surface area contributed by atoms with Crippen LogP contribution in [0.4, 0.5) is 0 Å². The summed E-state index contributed by atoms with van der Waals surface area (Å²) in [5.41, 5.74) is -0.195. The molecule has 1 saturated carbocycles. The van der Waals surface area contributed by atoms with Gasteiger partial charge in [0, 0.05) is 7.11 Å². The Morgan fingerprint density at radius 1 is 1.41 bits per heavy atom. The Hall–Kier alpha value is -0.610. The Kier molecular flexibility index (Phi) is 5.40. The second-order valence-electron chi connectivity index (χ2n) is 4.95. The van der Waals surface area contributed by atoms with Crippen LogP contribution in [0.2, 0.25) is 0 Å². The van der Waals surface area contributed by atoms with Crippen molar-refractivity contribution >= 4 is 5.97 Å². The number of methoxy groups -OCH3 is 1. The Bertz CT molecular complexity index is 255. The summed E-state index contributed by atoms with van der Waals surface area (Å²) in [5.74, 6) is -0.120. The summed E-state index contributed by atoms with van der Waals surface area (Å²) in [5, 5.41) is 0. The fourth-order valence-electron chi connectivity index (χ4n) is 2.86. The summed E-state index contributed by atoms with van der Waals surface area (Å²) in [6, 6.07) is 0. The summed E-state index contributed by atoms with van der Waals surface area (Å²) >= 11 is 0. The fourth-order valence-corrected chi connectivity index (χ4v) is 2.86. The minimum atomic E-state index is -0.195. The SMILES string of the molecule is CCOC(=O)CC1(N(C)C)CCCCC1OC. The Morgan fingerprint density at radius 3 is 2.65 bits per heavy atom. The van der Waals surface area contributed by atoms with Crippen molar-refractivity contribution < 1.29 is 14.3 Å². The molecule has 0 bridgehead atoms. The van der Waals surface area contributed by atoms with Crippen LogP contribution in [0.25, 0.3) is 0 Å². The van der Waals surface area contributed by atoms with E-state index in [2.05, 4.69) is 4.90 Å². The molecule has 100 valence electrons. The molecule has 0 N–H and O–H groups in total. The third-order valence-corrected chi connectivity index (χ3v) is 3.86. The van der Waals surface area contributed by atoms with Crippen molar-refractivity contribution in [2.75, 3.05) is 27.8 Å². The molecule has 0 amide bonds. The number of carbonyl (C=O) groups is 1. The van der Waals surface area contributed by atoms with Crippen LogP contribution in [0.5, 0.6) is 0 Å². The molecular weight excluding hydrogens is 218 g/mol. The molecule has 1 aliphatic rings. The third kappa shape index (κ3) is 3.19. The van der Waals surface area contributed by atoms with E-state index in [1.807, 2.05) is 21.0 Å². The normalized spacial score (nSPS) is 29.4. The van der Waals surface area contributed by atoms with E-state index in [9.17, 15) is 4.79 Å². The van der Waals surface area contributed by atoms with Crippen LogP contribution < -0.4 is 0 Å². The molecule has 0 saturated heterocycles. The third-order valence-electron chi connectivity index (χ3n) is 3.86. The monoisotopic (exact) mass is 243 g/mol. The molecule has 0 spiro atoms. The van der Waals surface area contributed by atoms with E-state index >= 15 is 0 Å². The number of likely N-dealkylation sites (N-methyl/N-ethyl adjacent to an activating group) is 1. The van der Waals surface area contributed by atoms with Crippen molar-refractivity contribution in [3.8, 4) is 0 Å². The summed E-state index contributed by atoms with van der Waals surface area (Å²) < 4.78 is 10.7. The smallest absolute Gasteiger partial charge is 0.307 e. The first-order valence-corrected chi connectivity index (χ1v) is 6.42. The van der Waals surface area contributed by atoms with Gasteiger partial charge in [0.05, 0.1) is 24.7 Å². The van der Waals surface area contributed by atoms with Gasteiger partial charge in [0.15, 0.2) is 0 Å². The summed E-state index contributed by atoms with van der Waals surface area (Å²) in [7, 11) is 5.78. The molecule has 2 atom stereocenters. The number of esters is 1. The van der Waals surface area contributed by atoms with E-state index in [1.165, 1.54) is 6.42 Å². The minimum absolute atomic E-state index is 0.120. The molecule has 0 radical (unpaired) electrons. The van der Waals surface area contributed by atoms with Crippen LogP contribution in [0.15, 0.2) is 0 Å². The lowest BCUT2D eigenvalue weighted by Gasteiger charge is -2.47. The van der Waals surface area contributed by atoms with Crippen molar-refractivity contribution in [3.63, 3.8) is 0 Å². The number of ether oxygens (including phenoxy) is 2. The summed E-state index contributed by atoms with van der Waals surface area (Å²) in [4.78, 5) is 13.9. The zero-order valence-corrected chi connectivity index (χ0v) is 11.5. The lowest BCUT2D eigenvalue weighted by molar-refractivity contribution is -0.151. The Labute approximate surface area is 104 Å². The van der Waals surface area contributed by atoms with Gasteiger partial charge in [-0.05, 0) is 33.9 Å². The van der Waals surface area contributed by atoms with Gasteiger partial charge in [0.2, 0.25) is 0 Å². The van der Waals surface area contributed by atoms with E-state index in [-0.39, 0.29) is 17.6 Å². The van der Waals surface area contributed by atoms with E-state index in [4.69, 9.17) is 9.47 Å². The molecular formula is C13H25NO3. The van der Waals surface area contributed by atoms with Gasteiger partial charge in [-0.1, -0.05) is 12.8 Å². The van der Waals surface area contributed by atoms with Crippen LogP contribution in [0.1, 0.15) is 39.0 Å². The molecule has 0 aromatic rings. The van der Waals surface area contributed by atoms with Gasteiger partial charge < -0.3 is 14.4 Å². The summed E-state index contributed by atoms with van der Waals surface area (Å²) in [6.45, 7) is 2.29. The average molecular weight is 243 g/mol. The van der Waals surface area contributed by atoms with Gasteiger partial charge in [-0.2, -0.15) is 0 Å². The van der Waals surface area contributed by atoms with Gasteiger partial charge in [-0.3, -0.25) is 4.79 Å². The topological polar surface area (TPSA) is 38.8 Å². The van der Waals surface area contributed by atoms with Gasteiger partial charge >= 0.3 is 5.97 Å². The standard InChI is InChI=1S/C13H25NO3/c1-5-17-12(15)10-13(14(2)3)9-7-6-8-11(13)16-4/h11H,5-10H2,1-4H3. The predicted octanol–water partition coefficient (Wildman–Crippen LogP) is 1.83. The van der Waals surface area contributed by atoms with E-state index in [0.29, 0.717) is 13.0 Å². The number of nitrogens with zero attached hydrogens (tertiary/aromatic N) is 1. The summed E-state index contributed by atoms with van der Waals surface area (Å²) in [6.07, 6.45) is 4.89. The minimum Gasteiger partial charge on any atom is -0.466 e. The molecule has 0 aliphatic heterocycles. The highest BCUT2D eigenvalue weighted by Crippen LogP contribution is 2.37.